The highest BCUT2D eigenvalue weighted by atomic mass is 32.1. The monoisotopic (exact) mass is 343 g/mol. The Labute approximate surface area is 142 Å². The number of thiazole rings is 1. The van der Waals surface area contributed by atoms with E-state index < -0.39 is 0 Å². The zero-order valence-corrected chi connectivity index (χ0v) is 13.8. The molecule has 0 radical (unpaired) electrons. The lowest BCUT2D eigenvalue weighted by molar-refractivity contribution is 0.0947. The van der Waals surface area contributed by atoms with Crippen LogP contribution in [0.5, 0.6) is 0 Å². The van der Waals surface area contributed by atoms with Gasteiger partial charge in [0, 0.05) is 18.2 Å². The molecule has 8 heteroatoms. The van der Waals surface area contributed by atoms with E-state index in [-0.39, 0.29) is 5.91 Å². The van der Waals surface area contributed by atoms with Gasteiger partial charge < -0.3 is 15.2 Å². The van der Waals surface area contributed by atoms with Crippen molar-refractivity contribution in [2.45, 2.75) is 25.3 Å². The first-order valence-corrected chi connectivity index (χ1v) is 8.76. The van der Waals surface area contributed by atoms with Gasteiger partial charge in [0.05, 0.1) is 23.1 Å². The van der Waals surface area contributed by atoms with E-state index in [1.54, 1.807) is 12.4 Å². The third-order valence-corrected chi connectivity index (χ3v) is 5.18. The molecule has 1 amide bonds. The Morgan fingerprint density at radius 1 is 1.42 bits per heavy atom. The molecule has 0 atom stereocenters. The third-order valence-electron chi connectivity index (χ3n) is 4.14. The summed E-state index contributed by atoms with van der Waals surface area (Å²) in [7, 11) is 0. The Kier molecular flexibility index (Phi) is 4.22. The second-order valence-corrected chi connectivity index (χ2v) is 6.82. The lowest BCUT2D eigenvalue weighted by Crippen LogP contribution is -2.26. The van der Waals surface area contributed by atoms with Gasteiger partial charge in [-0.3, -0.25) is 9.78 Å². The predicted molar refractivity (Wildman–Crippen MR) is 89.9 cm³/mol. The normalized spacial score (nSPS) is 15.7. The van der Waals surface area contributed by atoms with Crippen LogP contribution in [0.1, 0.15) is 40.0 Å². The van der Waals surface area contributed by atoms with Crippen molar-refractivity contribution in [3.05, 3.63) is 41.0 Å². The van der Waals surface area contributed by atoms with Crippen molar-refractivity contribution in [1.82, 2.24) is 25.8 Å². The molecule has 1 aliphatic rings. The maximum Gasteiger partial charge on any atom is 0.280 e. The van der Waals surface area contributed by atoms with E-state index in [2.05, 4.69) is 25.8 Å². The average molecular weight is 343 g/mol. The molecule has 24 heavy (non-hydrogen) atoms. The van der Waals surface area contributed by atoms with Crippen molar-refractivity contribution in [3.8, 4) is 0 Å². The van der Waals surface area contributed by atoms with Gasteiger partial charge >= 0.3 is 0 Å². The minimum Gasteiger partial charge on any atom is -0.359 e. The fourth-order valence-corrected chi connectivity index (χ4v) is 3.69. The minimum absolute atomic E-state index is 0.212. The van der Waals surface area contributed by atoms with Crippen LogP contribution in [0.25, 0.3) is 10.2 Å². The standard InChI is InChI=1S/C16H17N5O2S/c22-15(16-20-13-9-18-6-3-14(13)24-16)19-8-11-7-12(21-23-11)10-1-4-17-5-2-10/h3,6-7,9-10,17H,1-2,4-5,8H2,(H,19,22). The van der Waals surface area contributed by atoms with Gasteiger partial charge in [0.15, 0.2) is 10.8 Å². The van der Waals surface area contributed by atoms with E-state index >= 15 is 0 Å². The Bertz CT molecular complexity index is 820. The summed E-state index contributed by atoms with van der Waals surface area (Å²) in [6.45, 7) is 2.33. The molecular formula is C16H17N5O2S. The third kappa shape index (κ3) is 3.15. The number of amides is 1. The summed E-state index contributed by atoms with van der Waals surface area (Å²) in [4.78, 5) is 20.5. The quantitative estimate of drug-likeness (QED) is 0.753. The van der Waals surface area contributed by atoms with Crippen molar-refractivity contribution in [1.29, 1.82) is 0 Å². The highest BCUT2D eigenvalue weighted by Gasteiger charge is 2.19. The van der Waals surface area contributed by atoms with Gasteiger partial charge in [-0.2, -0.15) is 0 Å². The van der Waals surface area contributed by atoms with Gasteiger partial charge in [-0.05, 0) is 32.0 Å². The number of pyridine rings is 1. The Morgan fingerprint density at radius 3 is 3.12 bits per heavy atom. The topological polar surface area (TPSA) is 92.9 Å². The van der Waals surface area contributed by atoms with Gasteiger partial charge in [0.1, 0.15) is 5.52 Å². The highest BCUT2D eigenvalue weighted by molar-refractivity contribution is 7.20. The summed E-state index contributed by atoms with van der Waals surface area (Å²) in [6, 6.07) is 3.80. The SMILES string of the molecule is O=C(NCc1cc(C2CCNCC2)no1)c1nc2cnccc2s1. The maximum atomic E-state index is 12.2. The van der Waals surface area contributed by atoms with E-state index in [1.807, 2.05) is 12.1 Å². The number of hydrogen-bond donors (Lipinski definition) is 2. The molecule has 1 saturated heterocycles. The molecule has 7 nitrogen and oxygen atoms in total. The molecule has 2 N–H and O–H groups in total. The van der Waals surface area contributed by atoms with Crippen molar-refractivity contribution in [3.63, 3.8) is 0 Å². The fraction of sp³-hybridized carbons (Fsp3) is 0.375. The number of aromatic nitrogens is 3. The van der Waals surface area contributed by atoms with E-state index in [4.69, 9.17) is 4.52 Å². The largest absolute Gasteiger partial charge is 0.359 e. The van der Waals surface area contributed by atoms with Gasteiger partial charge in [-0.1, -0.05) is 5.16 Å². The molecule has 0 spiro atoms. The predicted octanol–water partition coefficient (Wildman–Crippen LogP) is 2.08. The van der Waals surface area contributed by atoms with Crippen LogP contribution in [0.3, 0.4) is 0 Å². The van der Waals surface area contributed by atoms with Crippen molar-refractivity contribution in [2.75, 3.05) is 13.1 Å². The van der Waals surface area contributed by atoms with Crippen LogP contribution in [0, 0.1) is 0 Å². The van der Waals surface area contributed by atoms with Gasteiger partial charge in [-0.25, -0.2) is 4.98 Å². The van der Waals surface area contributed by atoms with Crippen LogP contribution in [0.4, 0.5) is 0 Å². The molecule has 124 valence electrons. The van der Waals surface area contributed by atoms with Crippen LogP contribution in [-0.4, -0.2) is 34.1 Å². The Balaban J connectivity index is 1.39. The van der Waals surface area contributed by atoms with Crippen LogP contribution in [0.15, 0.2) is 29.0 Å². The number of carbonyl (C=O) groups excluding carboxylic acids is 1. The van der Waals surface area contributed by atoms with Crippen molar-refractivity contribution >= 4 is 27.5 Å². The molecular weight excluding hydrogens is 326 g/mol. The summed E-state index contributed by atoms with van der Waals surface area (Å²) in [6.07, 6.45) is 5.49. The smallest absolute Gasteiger partial charge is 0.280 e. The Hall–Kier alpha value is -2.32. The van der Waals surface area contributed by atoms with Crippen LogP contribution >= 0.6 is 11.3 Å². The molecule has 0 aromatic carbocycles. The van der Waals surface area contributed by atoms with Gasteiger partial charge in [-0.15, -0.1) is 11.3 Å². The van der Waals surface area contributed by atoms with Gasteiger partial charge in [0.25, 0.3) is 5.91 Å². The maximum absolute atomic E-state index is 12.2. The lowest BCUT2D eigenvalue weighted by Gasteiger charge is -2.19. The second-order valence-electron chi connectivity index (χ2n) is 5.79. The van der Waals surface area contributed by atoms with Crippen LogP contribution in [0.2, 0.25) is 0 Å². The first-order chi connectivity index (χ1) is 11.8. The number of nitrogens with zero attached hydrogens (tertiary/aromatic N) is 3. The molecule has 4 heterocycles. The van der Waals surface area contributed by atoms with E-state index in [1.165, 1.54) is 11.3 Å². The summed E-state index contributed by atoms with van der Waals surface area (Å²) in [5.74, 6) is 0.895. The number of hydrogen-bond acceptors (Lipinski definition) is 7. The first kappa shape index (κ1) is 15.2. The molecule has 0 aliphatic carbocycles. The average Bonchev–Trinajstić information content (AvgIpc) is 3.27. The fourth-order valence-electron chi connectivity index (χ4n) is 2.84. The number of nitrogens with one attached hydrogen (secondary N) is 2. The molecule has 0 bridgehead atoms. The van der Waals surface area contributed by atoms with Crippen molar-refractivity contribution < 1.29 is 9.32 Å². The van der Waals surface area contributed by atoms with E-state index in [0.717, 1.165) is 41.8 Å². The molecule has 0 saturated carbocycles. The summed E-state index contributed by atoms with van der Waals surface area (Å²) >= 11 is 1.35. The molecule has 0 unspecified atom stereocenters. The van der Waals surface area contributed by atoms with E-state index in [9.17, 15) is 4.79 Å². The highest BCUT2D eigenvalue weighted by Crippen LogP contribution is 2.25. The molecule has 1 fully saturated rings. The minimum atomic E-state index is -0.212. The first-order valence-electron chi connectivity index (χ1n) is 7.94. The second kappa shape index (κ2) is 6.66. The molecule has 4 rings (SSSR count). The van der Waals surface area contributed by atoms with Crippen LogP contribution < -0.4 is 10.6 Å². The van der Waals surface area contributed by atoms with Gasteiger partial charge in [0.2, 0.25) is 0 Å². The molecule has 3 aromatic rings. The summed E-state index contributed by atoms with van der Waals surface area (Å²) in [5, 5.41) is 10.7. The number of piperidine rings is 1. The van der Waals surface area contributed by atoms with Crippen molar-refractivity contribution in [2.24, 2.45) is 0 Å². The summed E-state index contributed by atoms with van der Waals surface area (Å²) in [5.41, 5.74) is 1.72. The number of fused-ring (bicyclic) bond motifs is 1. The zero-order valence-electron chi connectivity index (χ0n) is 13.0. The molecule has 1 aliphatic heterocycles. The lowest BCUT2D eigenvalue weighted by atomic mass is 9.95. The molecule has 3 aromatic heterocycles. The van der Waals surface area contributed by atoms with Crippen LogP contribution in [-0.2, 0) is 6.54 Å². The number of rotatable bonds is 4. The van der Waals surface area contributed by atoms with E-state index in [0.29, 0.717) is 23.2 Å². The zero-order chi connectivity index (χ0) is 16.4. The number of carbonyl (C=O) groups is 1. The summed E-state index contributed by atoms with van der Waals surface area (Å²) < 4.78 is 6.30. The Morgan fingerprint density at radius 2 is 2.29 bits per heavy atom.